The molecule has 1 aromatic heterocycles. The molecule has 1 heterocycles. The number of nitrogens with zero attached hydrogens (tertiary/aromatic N) is 2. The molecule has 112 valence electrons. The van der Waals surface area contributed by atoms with Gasteiger partial charge in [0, 0.05) is 0 Å². The normalized spacial score (nSPS) is 10.8. The molecule has 0 aliphatic heterocycles. The van der Waals surface area contributed by atoms with Crippen molar-refractivity contribution in [1.29, 1.82) is 0 Å². The lowest BCUT2D eigenvalue weighted by molar-refractivity contribution is 0.0697. The van der Waals surface area contributed by atoms with Gasteiger partial charge in [-0.15, -0.1) is 0 Å². The van der Waals surface area contributed by atoms with E-state index in [1.807, 2.05) is 31.2 Å². The van der Waals surface area contributed by atoms with Gasteiger partial charge < -0.3 is 14.4 Å². The van der Waals surface area contributed by atoms with Crippen LogP contribution in [0.3, 0.4) is 0 Å². The van der Waals surface area contributed by atoms with Crippen LogP contribution in [0.2, 0.25) is 0 Å². The molecule has 0 saturated heterocycles. The lowest BCUT2D eigenvalue weighted by Crippen LogP contribution is -2.09. The third-order valence-electron chi connectivity index (χ3n) is 3.53. The van der Waals surface area contributed by atoms with Crippen LogP contribution in [0.5, 0.6) is 5.75 Å². The summed E-state index contributed by atoms with van der Waals surface area (Å²) >= 11 is 0. The van der Waals surface area contributed by atoms with Crippen LogP contribution in [0.25, 0.3) is 11.0 Å². The summed E-state index contributed by atoms with van der Waals surface area (Å²) in [5.41, 5.74) is 2.32. The van der Waals surface area contributed by atoms with E-state index in [0.29, 0.717) is 18.9 Å². The van der Waals surface area contributed by atoms with Gasteiger partial charge in [-0.3, -0.25) is 0 Å². The van der Waals surface area contributed by atoms with Gasteiger partial charge >= 0.3 is 5.97 Å². The van der Waals surface area contributed by atoms with Crippen molar-refractivity contribution in [3.63, 3.8) is 0 Å². The Kier molecular flexibility index (Phi) is 3.78. The Hall–Kier alpha value is -2.82. The minimum atomic E-state index is -0.938. The van der Waals surface area contributed by atoms with Crippen LogP contribution in [-0.4, -0.2) is 27.2 Å². The minimum absolute atomic E-state index is 0.254. The fraction of sp³-hybridized carbons (Fsp3) is 0.176. The van der Waals surface area contributed by atoms with Crippen LogP contribution in [-0.2, 0) is 6.54 Å². The van der Waals surface area contributed by atoms with E-state index in [-0.39, 0.29) is 5.56 Å². The Morgan fingerprint density at radius 2 is 1.91 bits per heavy atom. The smallest absolute Gasteiger partial charge is 0.335 e. The molecule has 0 aliphatic rings. The molecule has 0 spiro atoms. The van der Waals surface area contributed by atoms with Crippen molar-refractivity contribution >= 4 is 17.0 Å². The molecule has 0 bridgehead atoms. The Bertz CT molecular complexity index is 806. The lowest BCUT2D eigenvalue weighted by atomic mass is 10.2. The van der Waals surface area contributed by atoms with E-state index in [0.717, 1.165) is 16.9 Å². The van der Waals surface area contributed by atoms with Crippen LogP contribution < -0.4 is 4.74 Å². The Labute approximate surface area is 127 Å². The number of para-hydroxylation sites is 2. The van der Waals surface area contributed by atoms with Gasteiger partial charge in [-0.1, -0.05) is 12.1 Å². The third-order valence-corrected chi connectivity index (χ3v) is 3.53. The fourth-order valence-electron chi connectivity index (χ4n) is 2.43. The van der Waals surface area contributed by atoms with Crippen molar-refractivity contribution in [3.8, 4) is 5.75 Å². The number of hydrogen-bond donors (Lipinski definition) is 1. The molecule has 5 heteroatoms. The molecule has 3 rings (SSSR count). The van der Waals surface area contributed by atoms with E-state index in [4.69, 9.17) is 9.84 Å². The third kappa shape index (κ3) is 2.79. The number of aromatic carboxylic acids is 1. The minimum Gasteiger partial charge on any atom is -0.492 e. The van der Waals surface area contributed by atoms with E-state index in [2.05, 4.69) is 9.55 Å². The highest BCUT2D eigenvalue weighted by Gasteiger charge is 2.07. The number of aromatic nitrogens is 2. The zero-order chi connectivity index (χ0) is 15.5. The summed E-state index contributed by atoms with van der Waals surface area (Å²) in [6, 6.07) is 14.4. The Morgan fingerprint density at radius 3 is 2.64 bits per heavy atom. The van der Waals surface area contributed by atoms with Crippen molar-refractivity contribution < 1.29 is 14.6 Å². The maximum absolute atomic E-state index is 10.8. The first-order chi connectivity index (χ1) is 10.6. The van der Waals surface area contributed by atoms with E-state index >= 15 is 0 Å². The molecule has 2 aromatic carbocycles. The quantitative estimate of drug-likeness (QED) is 0.785. The summed E-state index contributed by atoms with van der Waals surface area (Å²) < 4.78 is 7.79. The standard InChI is InChI=1S/C17H16N2O3/c1-12-18-15-4-2-3-5-16(15)19(12)10-11-22-14-8-6-13(7-9-14)17(20)21/h2-9H,10-11H2,1H3,(H,20,21). The molecule has 0 saturated carbocycles. The number of carbonyl (C=O) groups is 1. The van der Waals surface area contributed by atoms with Gasteiger partial charge in [-0.05, 0) is 43.3 Å². The maximum atomic E-state index is 10.8. The monoisotopic (exact) mass is 296 g/mol. The van der Waals surface area contributed by atoms with Crippen molar-refractivity contribution in [2.24, 2.45) is 0 Å². The predicted octanol–water partition coefficient (Wildman–Crippen LogP) is 3.12. The van der Waals surface area contributed by atoms with Gasteiger partial charge in [0.05, 0.1) is 23.1 Å². The number of carboxylic acid groups (broad SMARTS) is 1. The number of hydrogen-bond acceptors (Lipinski definition) is 3. The summed E-state index contributed by atoms with van der Waals surface area (Å²) in [7, 11) is 0. The molecule has 3 aromatic rings. The highest BCUT2D eigenvalue weighted by Crippen LogP contribution is 2.16. The first kappa shape index (κ1) is 14.1. The Balaban J connectivity index is 1.67. The van der Waals surface area contributed by atoms with Crippen LogP contribution in [0.1, 0.15) is 16.2 Å². The highest BCUT2D eigenvalue weighted by molar-refractivity contribution is 5.87. The molecule has 5 nitrogen and oxygen atoms in total. The molecule has 22 heavy (non-hydrogen) atoms. The topological polar surface area (TPSA) is 64.4 Å². The highest BCUT2D eigenvalue weighted by atomic mass is 16.5. The Morgan fingerprint density at radius 1 is 1.18 bits per heavy atom. The number of ether oxygens (including phenoxy) is 1. The van der Waals surface area contributed by atoms with Crippen LogP contribution >= 0.6 is 0 Å². The number of benzene rings is 2. The van der Waals surface area contributed by atoms with Gasteiger partial charge in [0.2, 0.25) is 0 Å². The first-order valence-electron chi connectivity index (χ1n) is 7.03. The molecule has 0 amide bonds. The maximum Gasteiger partial charge on any atom is 0.335 e. The van der Waals surface area contributed by atoms with Crippen molar-refractivity contribution in [2.75, 3.05) is 6.61 Å². The summed E-state index contributed by atoms with van der Waals surface area (Å²) in [5.74, 6) is 0.671. The van der Waals surface area contributed by atoms with Gasteiger partial charge in [-0.2, -0.15) is 0 Å². The molecular formula is C17H16N2O3. The van der Waals surface area contributed by atoms with E-state index in [1.165, 1.54) is 12.1 Å². The molecule has 0 radical (unpaired) electrons. The van der Waals surface area contributed by atoms with Crippen LogP contribution in [0, 0.1) is 6.92 Å². The predicted molar refractivity (Wildman–Crippen MR) is 83.4 cm³/mol. The van der Waals surface area contributed by atoms with E-state index in [9.17, 15) is 4.79 Å². The summed E-state index contributed by atoms with van der Waals surface area (Å²) in [6.07, 6.45) is 0. The first-order valence-corrected chi connectivity index (χ1v) is 7.03. The largest absolute Gasteiger partial charge is 0.492 e. The second kappa shape index (κ2) is 5.89. The molecular weight excluding hydrogens is 280 g/mol. The fourth-order valence-corrected chi connectivity index (χ4v) is 2.43. The number of imidazole rings is 1. The molecule has 1 N–H and O–H groups in total. The average molecular weight is 296 g/mol. The van der Waals surface area contributed by atoms with E-state index < -0.39 is 5.97 Å². The van der Waals surface area contributed by atoms with Gasteiger partial charge in [0.1, 0.15) is 18.2 Å². The summed E-state index contributed by atoms with van der Waals surface area (Å²) in [5, 5.41) is 8.86. The number of carboxylic acids is 1. The van der Waals surface area contributed by atoms with Crippen molar-refractivity contribution in [1.82, 2.24) is 9.55 Å². The van der Waals surface area contributed by atoms with Crippen molar-refractivity contribution in [3.05, 3.63) is 59.9 Å². The number of rotatable bonds is 5. The van der Waals surface area contributed by atoms with Gasteiger partial charge in [0.25, 0.3) is 0 Å². The number of fused-ring (bicyclic) bond motifs is 1. The summed E-state index contributed by atoms with van der Waals surface area (Å²) in [4.78, 5) is 15.3. The zero-order valence-corrected chi connectivity index (χ0v) is 12.2. The van der Waals surface area contributed by atoms with E-state index in [1.54, 1.807) is 12.1 Å². The SMILES string of the molecule is Cc1nc2ccccc2n1CCOc1ccc(C(=O)O)cc1. The lowest BCUT2D eigenvalue weighted by Gasteiger charge is -2.09. The van der Waals surface area contributed by atoms with Gasteiger partial charge in [-0.25, -0.2) is 9.78 Å². The average Bonchev–Trinajstić information content (AvgIpc) is 2.84. The zero-order valence-electron chi connectivity index (χ0n) is 12.2. The molecule has 0 fully saturated rings. The van der Waals surface area contributed by atoms with Crippen LogP contribution in [0.15, 0.2) is 48.5 Å². The summed E-state index contributed by atoms with van der Waals surface area (Å²) in [6.45, 7) is 3.16. The number of aryl methyl sites for hydroxylation is 1. The second-order valence-electron chi connectivity index (χ2n) is 4.98. The van der Waals surface area contributed by atoms with Gasteiger partial charge in [0.15, 0.2) is 0 Å². The molecule has 0 aliphatic carbocycles. The second-order valence-corrected chi connectivity index (χ2v) is 4.98. The van der Waals surface area contributed by atoms with Crippen LogP contribution in [0.4, 0.5) is 0 Å². The molecule has 0 atom stereocenters. The van der Waals surface area contributed by atoms with Crippen molar-refractivity contribution in [2.45, 2.75) is 13.5 Å². The molecule has 0 unspecified atom stereocenters.